The van der Waals surface area contributed by atoms with E-state index in [0.717, 1.165) is 6.42 Å². The van der Waals surface area contributed by atoms with Crippen LogP contribution >= 0.6 is 0 Å². The van der Waals surface area contributed by atoms with Crippen molar-refractivity contribution < 1.29 is 13.5 Å². The van der Waals surface area contributed by atoms with E-state index >= 15 is 0 Å². The molecule has 1 fully saturated rings. The Balaban J connectivity index is 1.86. The first-order chi connectivity index (χ1) is 7.94. The van der Waals surface area contributed by atoms with Gasteiger partial charge in [0, 0.05) is 12.8 Å². The summed E-state index contributed by atoms with van der Waals surface area (Å²) in [6.07, 6.45) is 0.407. The molecule has 1 saturated carbocycles. The van der Waals surface area contributed by atoms with Gasteiger partial charge in [-0.25, -0.2) is 8.78 Å². The minimum atomic E-state index is -2.51. The molecule has 0 amide bonds. The first-order valence-corrected chi connectivity index (χ1v) is 6.08. The lowest BCUT2D eigenvalue weighted by Gasteiger charge is -2.34. The van der Waals surface area contributed by atoms with E-state index in [1.807, 2.05) is 24.3 Å². The number of halogens is 2. The third-order valence-electron chi connectivity index (χ3n) is 2.92. The highest BCUT2D eigenvalue weighted by atomic mass is 19.3. The topological polar surface area (TPSA) is 9.23 Å². The van der Waals surface area contributed by atoms with Gasteiger partial charge >= 0.3 is 0 Å². The van der Waals surface area contributed by atoms with Gasteiger partial charge in [-0.3, -0.25) is 0 Å². The van der Waals surface area contributed by atoms with Crippen LogP contribution in [-0.4, -0.2) is 12.0 Å². The van der Waals surface area contributed by atoms with Crippen LogP contribution in [0.2, 0.25) is 0 Å². The molecule has 1 aliphatic rings. The summed E-state index contributed by atoms with van der Waals surface area (Å²) in [7, 11) is 0. The second-order valence-corrected chi connectivity index (χ2v) is 5.25. The van der Waals surface area contributed by atoms with Gasteiger partial charge in [-0.15, -0.1) is 0 Å². The molecule has 0 saturated heterocycles. The number of ether oxygens (including phenoxy) is 1. The van der Waals surface area contributed by atoms with Crippen LogP contribution in [0.3, 0.4) is 0 Å². The zero-order chi connectivity index (χ0) is 12.5. The minimum absolute atomic E-state index is 0.152. The molecular formula is C14H18F2O. The van der Waals surface area contributed by atoms with E-state index in [0.29, 0.717) is 11.7 Å². The Morgan fingerprint density at radius 3 is 2.29 bits per heavy atom. The summed E-state index contributed by atoms with van der Waals surface area (Å²) < 4.78 is 30.7. The highest BCUT2D eigenvalue weighted by Gasteiger charge is 2.46. The van der Waals surface area contributed by atoms with Gasteiger partial charge in [0.1, 0.15) is 11.9 Å². The van der Waals surface area contributed by atoms with Crippen molar-refractivity contribution in [1.29, 1.82) is 0 Å². The molecule has 1 nitrogen and oxygen atoms in total. The number of hydrogen-bond donors (Lipinski definition) is 0. The molecule has 0 radical (unpaired) electrons. The summed E-state index contributed by atoms with van der Waals surface area (Å²) in [6.45, 7) is 4.34. The fourth-order valence-electron chi connectivity index (χ4n) is 2.06. The standard InChI is InChI=1S/C14H18F2O/c1-10(2)7-11-3-5-12(6-4-11)17-13-8-14(15,16)9-13/h3-6,10,13H,7-9H2,1-2H3. The highest BCUT2D eigenvalue weighted by Crippen LogP contribution is 2.39. The molecule has 0 spiro atoms. The SMILES string of the molecule is CC(C)Cc1ccc(OC2CC(F)(F)C2)cc1. The van der Waals surface area contributed by atoms with Gasteiger partial charge in [0.2, 0.25) is 0 Å². The van der Waals surface area contributed by atoms with Crippen LogP contribution in [-0.2, 0) is 6.42 Å². The van der Waals surface area contributed by atoms with Crippen LogP contribution in [0.1, 0.15) is 32.3 Å². The quantitative estimate of drug-likeness (QED) is 0.771. The van der Waals surface area contributed by atoms with Crippen LogP contribution in [0.5, 0.6) is 5.75 Å². The first kappa shape index (κ1) is 12.3. The van der Waals surface area contributed by atoms with Gasteiger partial charge in [-0.1, -0.05) is 26.0 Å². The maximum atomic E-state index is 12.6. The van der Waals surface area contributed by atoms with E-state index in [2.05, 4.69) is 13.8 Å². The van der Waals surface area contributed by atoms with Crippen molar-refractivity contribution in [2.45, 2.75) is 45.1 Å². The third kappa shape index (κ3) is 3.42. The van der Waals surface area contributed by atoms with Gasteiger partial charge in [0.15, 0.2) is 0 Å². The molecule has 2 rings (SSSR count). The number of alkyl halides is 2. The lowest BCUT2D eigenvalue weighted by atomic mass is 9.91. The molecule has 0 N–H and O–H groups in total. The largest absolute Gasteiger partial charge is 0.490 e. The molecule has 0 unspecified atom stereocenters. The molecule has 1 aliphatic carbocycles. The van der Waals surface area contributed by atoms with E-state index in [1.165, 1.54) is 5.56 Å². The van der Waals surface area contributed by atoms with Crippen LogP contribution < -0.4 is 4.74 Å². The summed E-state index contributed by atoms with van der Waals surface area (Å²) >= 11 is 0. The summed E-state index contributed by atoms with van der Waals surface area (Å²) in [5, 5.41) is 0. The predicted molar refractivity (Wildman–Crippen MR) is 63.6 cm³/mol. The Hall–Kier alpha value is -1.12. The number of rotatable bonds is 4. The Kier molecular flexibility index (Phi) is 3.36. The van der Waals surface area contributed by atoms with E-state index in [4.69, 9.17) is 4.74 Å². The molecule has 0 atom stereocenters. The zero-order valence-electron chi connectivity index (χ0n) is 10.2. The van der Waals surface area contributed by atoms with E-state index in [1.54, 1.807) is 0 Å². The predicted octanol–water partition coefficient (Wildman–Crippen LogP) is 4.06. The third-order valence-corrected chi connectivity index (χ3v) is 2.92. The van der Waals surface area contributed by atoms with Crippen molar-refractivity contribution in [3.05, 3.63) is 29.8 Å². The molecule has 1 aromatic carbocycles. The van der Waals surface area contributed by atoms with Crippen molar-refractivity contribution in [1.82, 2.24) is 0 Å². The van der Waals surface area contributed by atoms with Crippen LogP contribution in [0, 0.1) is 5.92 Å². The fraction of sp³-hybridized carbons (Fsp3) is 0.571. The molecule has 0 aliphatic heterocycles. The van der Waals surface area contributed by atoms with Crippen LogP contribution in [0.15, 0.2) is 24.3 Å². The van der Waals surface area contributed by atoms with Crippen molar-refractivity contribution in [2.75, 3.05) is 0 Å². The molecular weight excluding hydrogens is 222 g/mol. The van der Waals surface area contributed by atoms with Crippen LogP contribution in [0.25, 0.3) is 0 Å². The van der Waals surface area contributed by atoms with Gasteiger partial charge < -0.3 is 4.74 Å². The maximum Gasteiger partial charge on any atom is 0.255 e. The Morgan fingerprint density at radius 2 is 1.82 bits per heavy atom. The second-order valence-electron chi connectivity index (χ2n) is 5.25. The Labute approximate surface area is 101 Å². The molecule has 1 aromatic rings. The van der Waals surface area contributed by atoms with Crippen molar-refractivity contribution >= 4 is 0 Å². The van der Waals surface area contributed by atoms with Crippen molar-refractivity contribution in [3.63, 3.8) is 0 Å². The highest BCUT2D eigenvalue weighted by molar-refractivity contribution is 5.28. The summed E-state index contributed by atoms with van der Waals surface area (Å²) in [5.41, 5.74) is 1.26. The lowest BCUT2D eigenvalue weighted by molar-refractivity contribution is -0.134. The average Bonchev–Trinajstić information content (AvgIpc) is 2.17. The summed E-state index contributed by atoms with van der Waals surface area (Å²) in [5.74, 6) is -1.20. The smallest absolute Gasteiger partial charge is 0.255 e. The number of hydrogen-bond acceptors (Lipinski definition) is 1. The molecule has 94 valence electrons. The van der Waals surface area contributed by atoms with Crippen molar-refractivity contribution in [3.8, 4) is 5.75 Å². The minimum Gasteiger partial charge on any atom is -0.490 e. The monoisotopic (exact) mass is 240 g/mol. The Bertz CT molecular complexity index is 362. The average molecular weight is 240 g/mol. The molecule has 0 aromatic heterocycles. The van der Waals surface area contributed by atoms with Gasteiger partial charge in [0.25, 0.3) is 5.92 Å². The normalized spacial score (nSPS) is 19.1. The second kappa shape index (κ2) is 4.63. The first-order valence-electron chi connectivity index (χ1n) is 6.08. The molecule has 0 bridgehead atoms. The van der Waals surface area contributed by atoms with E-state index < -0.39 is 5.92 Å². The molecule has 0 heterocycles. The zero-order valence-corrected chi connectivity index (χ0v) is 10.2. The Morgan fingerprint density at radius 1 is 1.24 bits per heavy atom. The fourth-order valence-corrected chi connectivity index (χ4v) is 2.06. The van der Waals surface area contributed by atoms with Gasteiger partial charge in [-0.05, 0) is 30.0 Å². The number of benzene rings is 1. The molecule has 3 heteroatoms. The lowest BCUT2D eigenvalue weighted by Crippen LogP contribution is -2.43. The summed E-state index contributed by atoms with van der Waals surface area (Å²) in [4.78, 5) is 0. The van der Waals surface area contributed by atoms with E-state index in [9.17, 15) is 8.78 Å². The van der Waals surface area contributed by atoms with Gasteiger partial charge in [0.05, 0.1) is 0 Å². The van der Waals surface area contributed by atoms with Crippen molar-refractivity contribution in [2.24, 2.45) is 5.92 Å². The summed E-state index contributed by atoms with van der Waals surface area (Å²) in [6, 6.07) is 7.75. The van der Waals surface area contributed by atoms with Crippen LogP contribution in [0.4, 0.5) is 8.78 Å². The molecule has 17 heavy (non-hydrogen) atoms. The maximum absolute atomic E-state index is 12.6. The van der Waals surface area contributed by atoms with E-state index in [-0.39, 0.29) is 18.9 Å². The van der Waals surface area contributed by atoms with Gasteiger partial charge in [-0.2, -0.15) is 0 Å².